The number of amides is 4. The molecule has 0 saturated carbocycles. The largest absolute Gasteiger partial charge is 0.516 e. The Morgan fingerprint density at radius 3 is 1.14 bits per heavy atom. The number of ether oxygens (including phenoxy) is 6. The van der Waals surface area contributed by atoms with Gasteiger partial charge in [0.1, 0.15) is 91.4 Å². The van der Waals surface area contributed by atoms with Crippen LogP contribution in [0.1, 0.15) is 119 Å². The van der Waals surface area contributed by atoms with Gasteiger partial charge < -0.3 is 83.5 Å². The highest BCUT2D eigenvalue weighted by Gasteiger charge is 2.52. The van der Waals surface area contributed by atoms with E-state index in [1.807, 2.05) is 48.5 Å². The molecule has 7 aliphatic rings. The average molecular weight is 1830 g/mol. The minimum absolute atomic E-state index is 0.00790. The Morgan fingerprint density at radius 1 is 0.472 bits per heavy atom. The Morgan fingerprint density at radius 2 is 0.800 bits per heavy atom. The van der Waals surface area contributed by atoms with Crippen molar-refractivity contribution < 1.29 is 118 Å². The number of carboxylic acids is 1. The van der Waals surface area contributed by atoms with E-state index in [2.05, 4.69) is 89.1 Å². The van der Waals surface area contributed by atoms with Crippen LogP contribution in [0.15, 0.2) is 103 Å². The number of aliphatic hydroxyl groups excluding tert-OH is 8. The number of rotatable bonds is 30. The SMILES string of the molecule is C=P(C)(C)CC[C@H]1OC([C@@H]2C=C(CC(C)=O)C(=O)NC2=O)[C@H](O)[C@@H]1O.C=P(C)(C)CC[C@H]1OC([C@@H]2C=C(CC(C)=O)C(=O)NC2=O)[C@H](O)[C@@H]1O.C=P(C)(C)CC[C@H]1OC(c2cn(C)c(=O)n(CCC(C)C(=O)O)c2=O)[C@H](O)[C@@H]1O.C=P(C)(C)CC[C@H]1OC(c2cn(C)c(=O)n(CCC(C)C(=O)OC(=O)OCC3c4ccccc4-c4ccccc43)c2=O)[C@H](O)[C@@H]1O. The molecule has 4 amide bonds. The molecule has 125 heavy (non-hydrogen) atoms. The van der Waals surface area contributed by atoms with Gasteiger partial charge in [0.2, 0.25) is 11.8 Å². The van der Waals surface area contributed by atoms with Crippen molar-refractivity contribution in [1.82, 2.24) is 28.9 Å². The molecule has 4 aromatic rings. The third-order valence-corrected chi connectivity index (χ3v) is 28.7. The number of Topliss-reactive ketones (excluding diaryl/α,β-unsaturated/α-hetero) is 2. The topological polar surface area (TPSA) is 503 Å². The lowest BCUT2D eigenvalue weighted by molar-refractivity contribution is -0.144. The van der Waals surface area contributed by atoms with Crippen molar-refractivity contribution in [2.75, 3.05) is 84.6 Å². The quantitative estimate of drug-likeness (QED) is 0.0155. The predicted molar refractivity (Wildman–Crippen MR) is 480 cm³/mol. The zero-order chi connectivity index (χ0) is 93.3. The van der Waals surface area contributed by atoms with E-state index in [9.17, 15) is 103 Å². The highest BCUT2D eigenvalue weighted by atomic mass is 31.2. The Hall–Kier alpha value is -7.97. The van der Waals surface area contributed by atoms with Gasteiger partial charge in [0, 0.05) is 69.5 Å². The van der Waals surface area contributed by atoms with Crippen molar-refractivity contribution in [3.8, 4) is 11.1 Å². The normalized spacial score (nSPS) is 27.2. The number of fused-ring (bicyclic) bond motifs is 3. The number of imide groups is 2. The molecule has 0 radical (unpaired) electrons. The molecule has 2 aromatic heterocycles. The van der Waals surface area contributed by atoms with E-state index in [0.29, 0.717) is 25.7 Å². The van der Waals surface area contributed by atoms with Crippen LogP contribution in [0.4, 0.5) is 4.79 Å². The molecule has 20 atom stereocenters. The van der Waals surface area contributed by atoms with Gasteiger partial charge in [-0.15, -0.1) is 52.7 Å². The number of carbonyl (C=O) groups is 9. The molecule has 690 valence electrons. The number of nitrogens with one attached hydrogen (secondary N) is 2. The van der Waals surface area contributed by atoms with Gasteiger partial charge in [-0.2, -0.15) is 0 Å². The van der Waals surface area contributed by atoms with Crippen molar-refractivity contribution in [3.63, 3.8) is 0 Å². The van der Waals surface area contributed by atoms with Gasteiger partial charge in [0.05, 0.1) is 59.2 Å². The fourth-order valence-electron chi connectivity index (χ4n) is 15.6. The number of benzene rings is 2. The summed E-state index contributed by atoms with van der Waals surface area (Å²) in [5.41, 5.74) is 2.08. The Kier molecular flexibility index (Phi) is 35.2. The molecule has 0 bridgehead atoms. The Balaban J connectivity index is 0.000000215. The van der Waals surface area contributed by atoms with Crippen molar-refractivity contribution in [2.45, 2.75) is 196 Å². The molecule has 4 saturated heterocycles. The zero-order valence-electron chi connectivity index (χ0n) is 73.3. The van der Waals surface area contributed by atoms with Gasteiger partial charge in [-0.25, -0.2) is 14.4 Å². The number of aryl methyl sites for hydroxylation is 2. The summed E-state index contributed by atoms with van der Waals surface area (Å²) < 4.78 is 37.9. The van der Waals surface area contributed by atoms with Gasteiger partial charge in [-0.1, -0.05) is 74.5 Å². The summed E-state index contributed by atoms with van der Waals surface area (Å²) in [6, 6.07) is 15.7. The summed E-state index contributed by atoms with van der Waals surface area (Å²) >= 11 is 0. The number of ketones is 2. The fourth-order valence-corrected chi connectivity index (χ4v) is 19.4. The number of hydrogen-bond donors (Lipinski definition) is 11. The third kappa shape index (κ3) is 26.9. The first-order chi connectivity index (χ1) is 58.1. The number of hydrogen-bond acceptors (Lipinski definition) is 27. The van der Waals surface area contributed by atoms with E-state index in [1.54, 1.807) is 0 Å². The molecular formula is C87H124N6O28P4. The van der Waals surface area contributed by atoms with E-state index < -0.39 is 213 Å². The van der Waals surface area contributed by atoms with E-state index in [-0.39, 0.29) is 85.1 Å². The van der Waals surface area contributed by atoms with Crippen LogP contribution in [0.25, 0.3) is 11.1 Å². The molecule has 6 unspecified atom stereocenters. The zero-order valence-corrected chi connectivity index (χ0v) is 76.9. The molecule has 6 aliphatic heterocycles. The standard InChI is InChI=1S/C34H41N2O9P.C19H31N2O7P.2C17H26NO6P/c1-20(32(40)45-34(42)43-19-26-23-12-8-6-10-21(23)22-11-7-9-13-24(22)26)14-16-36-31(39)25(18-35(2)33(36)41)30-29(38)28(37)27(44-30)15-17-46(3,4)5;1-11(18(25)26)6-8-21-17(24)12(10-20(2)19(21)27)16-15(23)14(22)13(28-16)7-9-29(3,4)5;2*1-9(19)7-10-8-11(17(23)18-16(10)22)15-14(21)13(20)12(24-15)5-6-25(2,3)4/h6-13,18,20,26-30,37-38H,3,14-17,19H2,1-2,4-5H3;10-11,13-16,22-23H,3,6-9H2,1-2,4-5H3,(H,25,26);2*8,11-15,20-21H,2,5-7H2,1,3-4H3,(H,18,22,23)/t20?,27-,28-,29-,30?;11?,13-,14-,15-,16?;2*11-,12+,13+,14+,15?/m1100/s1. The van der Waals surface area contributed by atoms with E-state index in [1.165, 1.54) is 75.5 Å². The summed E-state index contributed by atoms with van der Waals surface area (Å²) in [6.45, 7) is 16.6. The van der Waals surface area contributed by atoms with Crippen LogP contribution in [0, 0.1) is 23.7 Å². The van der Waals surface area contributed by atoms with Crippen molar-refractivity contribution in [1.29, 1.82) is 0 Å². The van der Waals surface area contributed by atoms with Gasteiger partial charge >= 0.3 is 29.5 Å². The number of aliphatic carboxylic acids is 1. The number of nitrogens with zero attached hydrogens (tertiary/aromatic N) is 4. The van der Waals surface area contributed by atoms with Crippen LogP contribution in [-0.4, -0.2) is 313 Å². The second kappa shape index (κ2) is 43.0. The maximum Gasteiger partial charge on any atom is 0.516 e. The minimum atomic E-state index is -1.41. The first kappa shape index (κ1) is 102. The van der Waals surface area contributed by atoms with Crippen LogP contribution in [0.5, 0.6) is 0 Å². The lowest BCUT2D eigenvalue weighted by atomic mass is 9.89. The predicted octanol–water partition coefficient (Wildman–Crippen LogP) is 2.75. The summed E-state index contributed by atoms with van der Waals surface area (Å²) in [5.74, 6) is -8.31. The maximum atomic E-state index is 13.4. The molecule has 11 N–H and O–H groups in total. The van der Waals surface area contributed by atoms with E-state index >= 15 is 0 Å². The maximum absolute atomic E-state index is 13.4. The molecule has 34 nitrogen and oxygen atoms in total. The number of aromatic nitrogens is 4. The van der Waals surface area contributed by atoms with Gasteiger partial charge in [0.15, 0.2) is 0 Å². The number of carbonyl (C=O) groups excluding carboxylic acids is 8. The third-order valence-electron chi connectivity index (χ3n) is 22.8. The monoisotopic (exact) mass is 1820 g/mol. The minimum Gasteiger partial charge on any atom is -0.481 e. The van der Waals surface area contributed by atoms with Gasteiger partial charge in [0.25, 0.3) is 22.9 Å². The van der Waals surface area contributed by atoms with Crippen molar-refractivity contribution in [2.24, 2.45) is 37.8 Å². The molecule has 8 heterocycles. The van der Waals surface area contributed by atoms with Gasteiger partial charge in [-0.05, 0) is 153 Å². The van der Waals surface area contributed by atoms with Crippen molar-refractivity contribution in [3.05, 3.63) is 148 Å². The highest BCUT2D eigenvalue weighted by Crippen LogP contribution is 2.47. The smallest absolute Gasteiger partial charge is 0.481 e. The molecule has 38 heteroatoms. The number of esters is 1. The molecule has 2 aromatic carbocycles. The van der Waals surface area contributed by atoms with Crippen LogP contribution < -0.4 is 33.1 Å². The second-order valence-corrected chi connectivity index (χ2v) is 53.6. The van der Waals surface area contributed by atoms with Gasteiger partial charge in [-0.3, -0.25) is 67.7 Å². The summed E-state index contributed by atoms with van der Waals surface area (Å²) in [7, 11) is 2.93. The summed E-state index contributed by atoms with van der Waals surface area (Å²) in [5, 5.41) is 96.8. The molecule has 1 aliphatic carbocycles. The van der Waals surface area contributed by atoms with E-state index in [0.717, 1.165) is 56.0 Å². The average Bonchev–Trinajstić information content (AvgIpc) is 1.78. The van der Waals surface area contributed by atoms with E-state index in [4.69, 9.17) is 33.5 Å². The van der Waals surface area contributed by atoms with Crippen LogP contribution in [0.2, 0.25) is 0 Å². The summed E-state index contributed by atoms with van der Waals surface area (Å²) in [4.78, 5) is 158. The number of aliphatic hydroxyl groups is 8. The summed E-state index contributed by atoms with van der Waals surface area (Å²) in [6.07, 6.45) is 9.51. The molecule has 0 spiro atoms. The Labute approximate surface area is 726 Å². The molecular weight excluding hydrogens is 1700 g/mol. The first-order valence-electron chi connectivity index (χ1n) is 41.4. The Bertz CT molecular complexity index is 5060. The highest BCUT2D eigenvalue weighted by molar-refractivity contribution is 7.73. The number of carboxylic acid groups (broad SMARTS) is 1. The van der Waals surface area contributed by atoms with Crippen LogP contribution in [0.3, 0.4) is 0 Å². The first-order valence-corrected chi connectivity index (χ1v) is 53.6. The van der Waals surface area contributed by atoms with Crippen LogP contribution in [-0.2, 0) is 94.0 Å². The molecule has 4 fully saturated rings. The molecule has 11 rings (SSSR count). The second-order valence-electron chi connectivity index (χ2n) is 36.3. The lowest BCUT2D eigenvalue weighted by Gasteiger charge is -2.26. The van der Waals surface area contributed by atoms with Crippen LogP contribution >= 0.6 is 27.5 Å². The van der Waals surface area contributed by atoms with Crippen molar-refractivity contribution >= 4 is 106 Å². The fraction of sp³-hybridized carbons (Fsp3) is 0.575. The lowest BCUT2D eigenvalue weighted by Crippen LogP contribution is -2.48.